The smallest absolute Gasteiger partial charge is 0.251 e. The summed E-state index contributed by atoms with van der Waals surface area (Å²) in [5.41, 5.74) is 5.24. The van der Waals surface area contributed by atoms with E-state index < -0.39 is 0 Å². The van der Waals surface area contributed by atoms with Crippen molar-refractivity contribution in [3.8, 4) is 11.1 Å². The first-order valence-corrected chi connectivity index (χ1v) is 14.0. The normalized spacial score (nSPS) is 19.5. The maximum Gasteiger partial charge on any atom is 0.251 e. The van der Waals surface area contributed by atoms with Crippen LogP contribution in [0.1, 0.15) is 34.0 Å². The van der Waals surface area contributed by atoms with Crippen LogP contribution in [0.2, 0.25) is 0 Å². The van der Waals surface area contributed by atoms with E-state index in [0.717, 1.165) is 80.2 Å². The average Bonchev–Trinajstić information content (AvgIpc) is 2.93. The van der Waals surface area contributed by atoms with E-state index in [1.807, 2.05) is 36.4 Å². The highest BCUT2D eigenvalue weighted by Gasteiger charge is 2.25. The molecule has 2 N–H and O–H groups in total. The first-order chi connectivity index (χ1) is 18.9. The molecule has 1 atom stereocenters. The van der Waals surface area contributed by atoms with Crippen LogP contribution in [0, 0.1) is 5.82 Å². The third-order valence-electron chi connectivity index (χ3n) is 7.89. The third kappa shape index (κ3) is 7.31. The molecule has 2 heterocycles. The minimum absolute atomic E-state index is 0.125. The summed E-state index contributed by atoms with van der Waals surface area (Å²) in [6.07, 6.45) is 0. The molecular formula is C32H40FN4O2+. The van der Waals surface area contributed by atoms with Crippen molar-refractivity contribution in [3.63, 3.8) is 0 Å². The summed E-state index contributed by atoms with van der Waals surface area (Å²) < 4.78 is 21.3. The number of benzene rings is 3. The summed E-state index contributed by atoms with van der Waals surface area (Å²) in [5.74, 6) is -0.384. The van der Waals surface area contributed by atoms with Crippen LogP contribution in [-0.4, -0.2) is 74.3 Å². The second kappa shape index (κ2) is 12.4. The molecule has 2 fully saturated rings. The van der Waals surface area contributed by atoms with Gasteiger partial charge in [-0.2, -0.15) is 0 Å². The predicted octanol–water partition coefficient (Wildman–Crippen LogP) is 4.19. The minimum atomic E-state index is -0.259. The van der Waals surface area contributed by atoms with Crippen LogP contribution in [0.5, 0.6) is 0 Å². The Balaban J connectivity index is 1.23. The number of rotatable bonds is 8. The highest BCUT2D eigenvalue weighted by Crippen LogP contribution is 2.26. The topological polar surface area (TPSA) is 53.6 Å². The Hall–Kier alpha value is -3.10. The van der Waals surface area contributed by atoms with E-state index in [1.54, 1.807) is 6.07 Å². The predicted molar refractivity (Wildman–Crippen MR) is 153 cm³/mol. The molecule has 0 aromatic heterocycles. The fourth-order valence-corrected chi connectivity index (χ4v) is 5.63. The first-order valence-electron chi connectivity index (χ1n) is 14.0. The van der Waals surface area contributed by atoms with E-state index in [2.05, 4.69) is 47.7 Å². The molecule has 6 nitrogen and oxygen atoms in total. The molecule has 39 heavy (non-hydrogen) atoms. The molecule has 3 aromatic carbocycles. The molecule has 0 spiro atoms. The van der Waals surface area contributed by atoms with E-state index in [0.29, 0.717) is 23.7 Å². The van der Waals surface area contributed by atoms with E-state index in [4.69, 9.17) is 4.74 Å². The highest BCUT2D eigenvalue weighted by atomic mass is 19.1. The number of halogens is 1. The van der Waals surface area contributed by atoms with Crippen LogP contribution < -0.4 is 10.6 Å². The lowest BCUT2D eigenvalue weighted by Crippen LogP contribution is -2.51. The number of quaternary nitrogens is 1. The van der Waals surface area contributed by atoms with E-state index in [1.165, 1.54) is 11.6 Å². The number of amides is 1. The Bertz CT molecular complexity index is 1290. The number of piperazine rings is 1. The largest absolute Gasteiger partial charge is 0.370 e. The molecule has 2 saturated heterocycles. The van der Waals surface area contributed by atoms with Crippen LogP contribution in [-0.2, 0) is 24.4 Å². The van der Waals surface area contributed by atoms with Gasteiger partial charge in [0.15, 0.2) is 0 Å². The standard InChI is InChI=1S/C32H39FN4O2/c1-24-21-36(12-11-34-24)22-26-5-3-7-28(17-26)30-19-25(9-10-31(30)33)20-35-32(38)29-8-4-6-27(18-29)23-37(2)13-15-39-16-14-37/h3-10,17-19,24,34H,11-16,20-23H2,1-2H3/p+1/t24-/m0/s1. The van der Waals surface area contributed by atoms with Crippen LogP contribution in [0.15, 0.2) is 66.7 Å². The van der Waals surface area contributed by atoms with Crippen molar-refractivity contribution in [2.75, 3.05) is 53.0 Å². The van der Waals surface area contributed by atoms with Crippen molar-refractivity contribution in [3.05, 3.63) is 94.8 Å². The Morgan fingerprint density at radius 3 is 2.67 bits per heavy atom. The van der Waals surface area contributed by atoms with Crippen LogP contribution in [0.4, 0.5) is 4.39 Å². The molecule has 7 heteroatoms. The van der Waals surface area contributed by atoms with Gasteiger partial charge in [0.25, 0.3) is 5.91 Å². The van der Waals surface area contributed by atoms with Gasteiger partial charge in [-0.25, -0.2) is 4.39 Å². The van der Waals surface area contributed by atoms with Gasteiger partial charge in [-0.3, -0.25) is 9.69 Å². The second-order valence-corrected chi connectivity index (χ2v) is 11.3. The summed E-state index contributed by atoms with van der Waals surface area (Å²) >= 11 is 0. The van der Waals surface area contributed by atoms with Crippen LogP contribution >= 0.6 is 0 Å². The summed E-state index contributed by atoms with van der Waals surface area (Å²) in [7, 11) is 2.24. The number of hydrogen-bond donors (Lipinski definition) is 2. The number of nitrogens with one attached hydrogen (secondary N) is 2. The molecular weight excluding hydrogens is 491 g/mol. The molecule has 5 rings (SSSR count). The van der Waals surface area contributed by atoms with E-state index >= 15 is 0 Å². The fourth-order valence-electron chi connectivity index (χ4n) is 5.63. The Morgan fingerprint density at radius 1 is 1.05 bits per heavy atom. The van der Waals surface area contributed by atoms with Crippen LogP contribution in [0.25, 0.3) is 11.1 Å². The SMILES string of the molecule is C[C@H]1CN(Cc2cccc(-c3cc(CNC(=O)c4cccc(C[N+]5(C)CCOCC5)c4)ccc3F)c2)CCN1. The Morgan fingerprint density at radius 2 is 1.85 bits per heavy atom. The summed E-state index contributed by atoms with van der Waals surface area (Å²) in [6.45, 7) is 10.8. The van der Waals surface area contributed by atoms with Crippen molar-refractivity contribution >= 4 is 5.91 Å². The Labute approximate surface area is 231 Å². The molecule has 206 valence electrons. The van der Waals surface area contributed by atoms with Gasteiger partial charge >= 0.3 is 0 Å². The van der Waals surface area contributed by atoms with E-state index in [-0.39, 0.29) is 11.7 Å². The zero-order valence-electron chi connectivity index (χ0n) is 23.1. The molecule has 3 aromatic rings. The van der Waals surface area contributed by atoms with Gasteiger partial charge in [-0.05, 0) is 53.9 Å². The molecule has 0 radical (unpaired) electrons. The van der Waals surface area contributed by atoms with Crippen molar-refractivity contribution in [2.45, 2.75) is 32.6 Å². The molecule has 0 saturated carbocycles. The number of ether oxygens (including phenoxy) is 1. The lowest BCUT2D eigenvalue weighted by molar-refractivity contribution is -0.929. The molecule has 1 amide bonds. The van der Waals surface area contributed by atoms with Crippen molar-refractivity contribution in [2.24, 2.45) is 0 Å². The van der Waals surface area contributed by atoms with Crippen LogP contribution in [0.3, 0.4) is 0 Å². The van der Waals surface area contributed by atoms with Gasteiger partial charge in [0.2, 0.25) is 0 Å². The quantitative estimate of drug-likeness (QED) is 0.428. The average molecular weight is 532 g/mol. The summed E-state index contributed by atoms with van der Waals surface area (Å²) in [6, 6.07) is 21.5. The van der Waals surface area contributed by atoms with E-state index in [9.17, 15) is 9.18 Å². The minimum Gasteiger partial charge on any atom is -0.370 e. The number of carbonyl (C=O) groups excluding carboxylic acids is 1. The van der Waals surface area contributed by atoms with Crippen molar-refractivity contribution in [1.29, 1.82) is 0 Å². The van der Waals surface area contributed by atoms with Gasteiger partial charge in [0, 0.05) is 55.5 Å². The Kier molecular flexibility index (Phi) is 8.72. The lowest BCUT2D eigenvalue weighted by atomic mass is 10.00. The van der Waals surface area contributed by atoms with Crippen molar-refractivity contribution in [1.82, 2.24) is 15.5 Å². The maximum atomic E-state index is 14.9. The lowest BCUT2D eigenvalue weighted by Gasteiger charge is -2.37. The first kappa shape index (κ1) is 27.5. The maximum absolute atomic E-state index is 14.9. The van der Waals surface area contributed by atoms with Gasteiger partial charge in [0.05, 0.1) is 20.3 Å². The third-order valence-corrected chi connectivity index (χ3v) is 7.89. The zero-order valence-corrected chi connectivity index (χ0v) is 23.1. The summed E-state index contributed by atoms with van der Waals surface area (Å²) in [5, 5.41) is 6.50. The van der Waals surface area contributed by atoms with Gasteiger partial charge in [-0.15, -0.1) is 0 Å². The molecule has 2 aliphatic rings. The number of nitrogens with zero attached hydrogens (tertiary/aromatic N) is 2. The van der Waals surface area contributed by atoms with Gasteiger partial charge in [-0.1, -0.05) is 36.4 Å². The number of morpholine rings is 1. The zero-order chi connectivity index (χ0) is 27.2. The highest BCUT2D eigenvalue weighted by molar-refractivity contribution is 5.94. The van der Waals surface area contributed by atoms with Gasteiger partial charge < -0.3 is 19.9 Å². The molecule has 2 aliphatic heterocycles. The molecule has 0 aliphatic carbocycles. The number of hydrogen-bond acceptors (Lipinski definition) is 4. The fraction of sp³-hybridized carbons (Fsp3) is 0.406. The second-order valence-electron chi connectivity index (χ2n) is 11.3. The number of likely N-dealkylation sites (N-methyl/N-ethyl adjacent to an activating group) is 1. The van der Waals surface area contributed by atoms with Crippen molar-refractivity contribution < 1.29 is 18.4 Å². The summed E-state index contributed by atoms with van der Waals surface area (Å²) in [4.78, 5) is 15.4. The molecule has 0 bridgehead atoms. The monoisotopic (exact) mass is 531 g/mol. The van der Waals surface area contributed by atoms with Gasteiger partial charge in [0.1, 0.15) is 25.5 Å². The molecule has 0 unspecified atom stereocenters. The number of carbonyl (C=O) groups is 1.